The Morgan fingerprint density at radius 2 is 1.72 bits per heavy atom. The number of carbonyl (C=O) groups is 2. The van der Waals surface area contributed by atoms with Crippen molar-refractivity contribution in [2.45, 2.75) is 6.42 Å². The number of Topliss-reactive ketones (excluding diaryl/α,β-unsaturated/α-hetero) is 1. The third kappa shape index (κ3) is 3.88. The molecule has 0 amide bonds. The summed E-state index contributed by atoms with van der Waals surface area (Å²) >= 11 is 2.53. The van der Waals surface area contributed by atoms with Crippen molar-refractivity contribution >= 4 is 51.4 Å². The molecule has 1 aliphatic rings. The molecule has 0 atom stereocenters. The number of fused-ring (bicyclic) bond motifs is 2. The number of allylic oxidation sites excluding steroid dienone is 1. The number of aromatic nitrogens is 2. The number of benzene rings is 2. The third-order valence-electron chi connectivity index (χ3n) is 5.07. The van der Waals surface area contributed by atoms with Gasteiger partial charge in [-0.15, -0.1) is 11.3 Å². The monoisotopic (exact) mass is 464 g/mol. The summed E-state index contributed by atoms with van der Waals surface area (Å²) in [5.41, 5.74) is 2.17. The molecule has 2 aromatic carbocycles. The number of hydrogen-bond donors (Lipinski definition) is 1. The first-order valence-corrected chi connectivity index (χ1v) is 11.4. The van der Waals surface area contributed by atoms with E-state index in [0.717, 1.165) is 16.6 Å². The molecule has 0 radical (unpaired) electrons. The Balaban J connectivity index is 1.66. The van der Waals surface area contributed by atoms with Gasteiger partial charge in [0.2, 0.25) is 0 Å². The second kappa shape index (κ2) is 8.52. The number of aliphatic carboxylic acids is 1. The van der Waals surface area contributed by atoms with Gasteiger partial charge in [-0.05, 0) is 47.3 Å². The first-order chi connectivity index (χ1) is 15.6. The number of carboxylic acids is 1. The molecule has 1 N–H and O–H groups in total. The average molecular weight is 465 g/mol. The van der Waals surface area contributed by atoms with Gasteiger partial charge in [0.05, 0.1) is 17.3 Å². The zero-order valence-corrected chi connectivity index (χ0v) is 18.2. The molecule has 5 rings (SSSR count). The van der Waals surface area contributed by atoms with Crippen LogP contribution < -0.4 is 9.47 Å². The van der Waals surface area contributed by atoms with Crippen LogP contribution in [-0.4, -0.2) is 38.8 Å². The van der Waals surface area contributed by atoms with Crippen molar-refractivity contribution in [3.8, 4) is 11.5 Å². The van der Waals surface area contributed by atoms with E-state index in [4.69, 9.17) is 9.47 Å². The van der Waals surface area contributed by atoms with Crippen LogP contribution in [-0.2, 0) is 11.2 Å². The Hall–Kier alpha value is -3.56. The van der Waals surface area contributed by atoms with Crippen molar-refractivity contribution in [3.05, 3.63) is 75.5 Å². The Morgan fingerprint density at radius 1 is 0.938 bits per heavy atom. The molecule has 2 aromatic heterocycles. The van der Waals surface area contributed by atoms with Crippen LogP contribution >= 0.6 is 23.1 Å². The van der Waals surface area contributed by atoms with Crippen LogP contribution in [0.2, 0.25) is 0 Å². The van der Waals surface area contributed by atoms with Crippen LogP contribution in [0.1, 0.15) is 20.8 Å². The molecule has 160 valence electrons. The van der Waals surface area contributed by atoms with Crippen molar-refractivity contribution in [1.29, 1.82) is 0 Å². The molecule has 0 saturated carbocycles. The van der Waals surface area contributed by atoms with E-state index in [0.29, 0.717) is 46.9 Å². The maximum atomic E-state index is 13.7. The highest BCUT2D eigenvalue weighted by Gasteiger charge is 2.26. The lowest BCUT2D eigenvalue weighted by atomic mass is 9.91. The Bertz CT molecular complexity index is 1360. The summed E-state index contributed by atoms with van der Waals surface area (Å²) in [5.74, 6) is -0.504. The highest BCUT2D eigenvalue weighted by atomic mass is 32.1. The number of ether oxygens (including phenoxy) is 2. The fourth-order valence-corrected chi connectivity index (χ4v) is 4.83. The summed E-state index contributed by atoms with van der Waals surface area (Å²) < 4.78 is 19.5. The van der Waals surface area contributed by atoms with Crippen molar-refractivity contribution < 1.29 is 24.2 Å². The van der Waals surface area contributed by atoms with Crippen LogP contribution in [0.25, 0.3) is 16.6 Å². The van der Waals surface area contributed by atoms with E-state index in [9.17, 15) is 14.7 Å². The lowest BCUT2D eigenvalue weighted by Crippen LogP contribution is -2.17. The summed E-state index contributed by atoms with van der Waals surface area (Å²) in [6.07, 6.45) is 0.194. The SMILES string of the molecule is O=C(O)C(=C(Cc1cccs1)C(=O)c1ccc2c(c1)OCCO2)c1ccc2nsnc2c1. The van der Waals surface area contributed by atoms with Gasteiger partial charge >= 0.3 is 5.97 Å². The summed E-state index contributed by atoms with van der Waals surface area (Å²) in [4.78, 5) is 27.0. The Morgan fingerprint density at radius 3 is 2.50 bits per heavy atom. The topological polar surface area (TPSA) is 98.6 Å². The maximum Gasteiger partial charge on any atom is 0.336 e. The molecule has 4 aromatic rings. The number of rotatable bonds is 6. The van der Waals surface area contributed by atoms with Gasteiger partial charge in [0, 0.05) is 22.4 Å². The van der Waals surface area contributed by atoms with Gasteiger partial charge in [-0.1, -0.05) is 12.1 Å². The second-order valence-corrected chi connectivity index (χ2v) is 8.63. The minimum Gasteiger partial charge on any atom is -0.486 e. The van der Waals surface area contributed by atoms with Gasteiger partial charge in [0.25, 0.3) is 0 Å². The molecular formula is C23H16N2O5S2. The standard InChI is InChI=1S/C23H16N2O5S2/c26-22(14-4-6-19-20(11-14)30-8-7-29-19)16(12-15-2-1-9-31-15)21(23(27)28)13-3-5-17-18(10-13)25-32-24-17/h1-6,9-11H,7-8,12H2,(H,27,28). The largest absolute Gasteiger partial charge is 0.486 e. The fourth-order valence-electron chi connectivity index (χ4n) is 3.59. The molecule has 9 heteroatoms. The highest BCUT2D eigenvalue weighted by Crippen LogP contribution is 2.34. The van der Waals surface area contributed by atoms with Crippen molar-refractivity contribution in [2.24, 2.45) is 0 Å². The molecule has 0 fully saturated rings. The summed E-state index contributed by atoms with van der Waals surface area (Å²) in [5, 5.41) is 12.0. The number of carboxylic acid groups (broad SMARTS) is 1. The number of carbonyl (C=O) groups excluding carboxylic acids is 1. The van der Waals surface area contributed by atoms with E-state index in [1.807, 2.05) is 17.5 Å². The lowest BCUT2D eigenvalue weighted by molar-refractivity contribution is -0.130. The minimum atomic E-state index is -1.18. The molecule has 7 nitrogen and oxygen atoms in total. The minimum absolute atomic E-state index is 0.0480. The fraction of sp³-hybridized carbons (Fsp3) is 0.130. The predicted molar refractivity (Wildman–Crippen MR) is 122 cm³/mol. The van der Waals surface area contributed by atoms with Gasteiger partial charge in [0.15, 0.2) is 17.3 Å². The van der Waals surface area contributed by atoms with E-state index in [-0.39, 0.29) is 23.4 Å². The van der Waals surface area contributed by atoms with Gasteiger partial charge < -0.3 is 14.6 Å². The molecule has 0 unspecified atom stereocenters. The highest BCUT2D eigenvalue weighted by molar-refractivity contribution is 7.09. The van der Waals surface area contributed by atoms with Gasteiger partial charge in [-0.3, -0.25) is 4.79 Å². The Labute approximate surface area is 190 Å². The lowest BCUT2D eigenvalue weighted by Gasteiger charge is -2.19. The van der Waals surface area contributed by atoms with Crippen molar-refractivity contribution in [2.75, 3.05) is 13.2 Å². The summed E-state index contributed by atoms with van der Waals surface area (Å²) in [6.45, 7) is 0.839. The van der Waals surface area contributed by atoms with Crippen LogP contribution in [0.3, 0.4) is 0 Å². The van der Waals surface area contributed by atoms with E-state index in [1.54, 1.807) is 36.4 Å². The van der Waals surface area contributed by atoms with Gasteiger partial charge in [0.1, 0.15) is 24.2 Å². The zero-order valence-electron chi connectivity index (χ0n) is 16.6. The van der Waals surface area contributed by atoms with Crippen molar-refractivity contribution in [1.82, 2.24) is 8.75 Å². The maximum absolute atomic E-state index is 13.7. The molecule has 0 spiro atoms. The van der Waals surface area contributed by atoms with Crippen LogP contribution in [0.4, 0.5) is 0 Å². The van der Waals surface area contributed by atoms with Crippen LogP contribution in [0.5, 0.6) is 11.5 Å². The van der Waals surface area contributed by atoms with E-state index in [2.05, 4.69) is 8.75 Å². The second-order valence-electron chi connectivity index (χ2n) is 7.07. The first kappa shape index (κ1) is 20.3. The normalized spacial score (nSPS) is 13.6. The van der Waals surface area contributed by atoms with Crippen LogP contribution in [0, 0.1) is 0 Å². The molecule has 3 heterocycles. The molecule has 0 saturated heterocycles. The summed E-state index contributed by atoms with van der Waals surface area (Å²) in [6, 6.07) is 13.7. The first-order valence-electron chi connectivity index (χ1n) is 9.76. The molecule has 32 heavy (non-hydrogen) atoms. The average Bonchev–Trinajstić information content (AvgIpc) is 3.49. The number of ketones is 1. The predicted octanol–water partition coefficient (Wildman–Crippen LogP) is 4.49. The third-order valence-corrected chi connectivity index (χ3v) is 6.50. The van der Waals surface area contributed by atoms with E-state index < -0.39 is 5.97 Å². The number of nitrogens with zero attached hydrogens (tertiary/aromatic N) is 2. The Kier molecular flexibility index (Phi) is 5.42. The van der Waals surface area contributed by atoms with E-state index in [1.165, 1.54) is 11.3 Å². The molecule has 0 aliphatic carbocycles. The van der Waals surface area contributed by atoms with E-state index >= 15 is 0 Å². The van der Waals surface area contributed by atoms with Gasteiger partial charge in [-0.2, -0.15) is 8.75 Å². The van der Waals surface area contributed by atoms with Crippen molar-refractivity contribution in [3.63, 3.8) is 0 Å². The van der Waals surface area contributed by atoms with Crippen LogP contribution in [0.15, 0.2) is 59.5 Å². The molecular weight excluding hydrogens is 448 g/mol. The smallest absolute Gasteiger partial charge is 0.336 e. The zero-order chi connectivity index (χ0) is 22.1. The number of hydrogen-bond acceptors (Lipinski definition) is 8. The quantitative estimate of drug-likeness (QED) is 0.332. The van der Waals surface area contributed by atoms with Gasteiger partial charge in [-0.25, -0.2) is 4.79 Å². The molecule has 1 aliphatic heterocycles. The number of thiophene rings is 1. The summed E-state index contributed by atoms with van der Waals surface area (Å²) in [7, 11) is 0. The molecule has 0 bridgehead atoms.